The normalized spacial score (nSPS) is 26.0. The third-order valence-corrected chi connectivity index (χ3v) is 1.30. The molecule has 3 nitrogen and oxygen atoms in total. The molecule has 1 unspecified atom stereocenters. The topological polar surface area (TPSA) is 39.9 Å². The molecule has 0 aromatic rings. The maximum Gasteiger partial charge on any atom is 0.201 e. The van der Waals surface area contributed by atoms with Gasteiger partial charge in [0, 0.05) is 12.6 Å². The van der Waals surface area contributed by atoms with Crippen LogP contribution in [-0.2, 0) is 0 Å². The first-order valence-corrected chi connectivity index (χ1v) is 3.09. The first kappa shape index (κ1) is 6.45. The van der Waals surface area contributed by atoms with E-state index in [2.05, 4.69) is 4.99 Å². The predicted octanol–water partition coefficient (Wildman–Crippen LogP) is -0.295. The minimum absolute atomic E-state index is 0.167. The number of hydrogen-bond donors (Lipinski definition) is 1. The van der Waals surface area contributed by atoms with Gasteiger partial charge in [0.2, 0.25) is 5.84 Å². The smallest absolute Gasteiger partial charge is 0.201 e. The van der Waals surface area contributed by atoms with Crippen molar-refractivity contribution >= 4 is 5.84 Å². The monoisotopic (exact) mass is 126 g/mol. The predicted molar refractivity (Wildman–Crippen MR) is 36.1 cm³/mol. The van der Waals surface area contributed by atoms with E-state index in [1.807, 2.05) is 6.92 Å². The number of quaternary nitrogens is 1. The van der Waals surface area contributed by atoms with Crippen molar-refractivity contribution in [3.8, 4) is 0 Å². The van der Waals surface area contributed by atoms with Crippen LogP contribution in [0.25, 0.3) is 0 Å². The standard InChI is InChI=1S/C6H10N2O/c1-2-6-7-4-3-5-8(6)9/h3-4,8H,2,5H2,1H3. The Kier molecular flexibility index (Phi) is 1.97. The summed E-state index contributed by atoms with van der Waals surface area (Å²) in [4.78, 5) is 3.92. The fourth-order valence-corrected chi connectivity index (χ4v) is 0.781. The molecule has 0 bridgehead atoms. The van der Waals surface area contributed by atoms with E-state index >= 15 is 0 Å². The van der Waals surface area contributed by atoms with Gasteiger partial charge in [-0.2, -0.15) is 0 Å². The van der Waals surface area contributed by atoms with Gasteiger partial charge < -0.3 is 10.3 Å². The van der Waals surface area contributed by atoms with Gasteiger partial charge >= 0.3 is 0 Å². The summed E-state index contributed by atoms with van der Waals surface area (Å²) in [7, 11) is 0. The van der Waals surface area contributed by atoms with Crippen molar-refractivity contribution in [2.75, 3.05) is 6.54 Å². The van der Waals surface area contributed by atoms with Gasteiger partial charge in [0.05, 0.1) is 0 Å². The van der Waals surface area contributed by atoms with Gasteiger partial charge in [0.15, 0.2) is 0 Å². The molecular formula is C6H10N2O. The van der Waals surface area contributed by atoms with Gasteiger partial charge in [0.1, 0.15) is 6.54 Å². The molecule has 1 N–H and O–H groups in total. The van der Waals surface area contributed by atoms with Crippen LogP contribution in [-0.4, -0.2) is 12.4 Å². The Bertz CT molecular complexity index is 151. The second-order valence-corrected chi connectivity index (χ2v) is 1.94. The van der Waals surface area contributed by atoms with Crippen molar-refractivity contribution in [2.24, 2.45) is 4.99 Å². The molecule has 0 spiro atoms. The Morgan fingerprint density at radius 2 is 2.67 bits per heavy atom. The van der Waals surface area contributed by atoms with Gasteiger partial charge in [-0.1, -0.05) is 6.92 Å². The van der Waals surface area contributed by atoms with Crippen molar-refractivity contribution < 1.29 is 5.06 Å². The molecule has 1 aliphatic heterocycles. The van der Waals surface area contributed by atoms with Crippen LogP contribution in [0.4, 0.5) is 0 Å². The van der Waals surface area contributed by atoms with E-state index < -0.39 is 0 Å². The number of nitrogens with zero attached hydrogens (tertiary/aromatic N) is 1. The summed E-state index contributed by atoms with van der Waals surface area (Å²) in [5, 5.41) is 11.0. The summed E-state index contributed by atoms with van der Waals surface area (Å²) in [6.07, 6.45) is 4.23. The molecule has 3 heteroatoms. The summed E-state index contributed by atoms with van der Waals surface area (Å²) in [5.74, 6) is 0.706. The zero-order chi connectivity index (χ0) is 6.69. The molecule has 0 saturated carbocycles. The molecule has 9 heavy (non-hydrogen) atoms. The molecule has 1 atom stereocenters. The van der Waals surface area contributed by atoms with E-state index in [0.29, 0.717) is 12.4 Å². The molecule has 0 radical (unpaired) electrons. The Morgan fingerprint density at radius 1 is 1.89 bits per heavy atom. The largest absolute Gasteiger partial charge is 0.628 e. The minimum Gasteiger partial charge on any atom is -0.628 e. The first-order chi connectivity index (χ1) is 4.34. The molecule has 0 aromatic carbocycles. The summed E-state index contributed by atoms with van der Waals surface area (Å²) >= 11 is 0. The molecule has 1 heterocycles. The summed E-state index contributed by atoms with van der Waals surface area (Å²) in [5.41, 5.74) is 0. The third kappa shape index (κ3) is 1.37. The van der Waals surface area contributed by atoms with E-state index in [0.717, 1.165) is 6.42 Å². The quantitative estimate of drug-likeness (QED) is 0.482. The van der Waals surface area contributed by atoms with Crippen LogP contribution in [0.5, 0.6) is 0 Å². The summed E-state index contributed by atoms with van der Waals surface area (Å²) in [6.45, 7) is 2.47. The fourth-order valence-electron chi connectivity index (χ4n) is 0.781. The number of amidine groups is 1. The van der Waals surface area contributed by atoms with Gasteiger partial charge in [-0.3, -0.25) is 0 Å². The highest BCUT2D eigenvalue weighted by atomic mass is 16.5. The van der Waals surface area contributed by atoms with Crippen LogP contribution in [0.3, 0.4) is 0 Å². The van der Waals surface area contributed by atoms with Crippen molar-refractivity contribution in [1.82, 2.24) is 0 Å². The average molecular weight is 126 g/mol. The van der Waals surface area contributed by atoms with Crippen LogP contribution in [0.1, 0.15) is 13.3 Å². The summed E-state index contributed by atoms with van der Waals surface area (Å²) < 4.78 is 0. The Hall–Kier alpha value is -0.670. The van der Waals surface area contributed by atoms with E-state index in [9.17, 15) is 5.21 Å². The van der Waals surface area contributed by atoms with Crippen LogP contribution in [0, 0.1) is 5.21 Å². The van der Waals surface area contributed by atoms with Crippen molar-refractivity contribution in [1.29, 1.82) is 0 Å². The number of rotatable bonds is 1. The molecule has 0 amide bonds. The Labute approximate surface area is 54.3 Å². The Morgan fingerprint density at radius 3 is 3.11 bits per heavy atom. The highest BCUT2D eigenvalue weighted by Crippen LogP contribution is 1.83. The van der Waals surface area contributed by atoms with E-state index in [-0.39, 0.29) is 5.06 Å². The third-order valence-electron chi connectivity index (χ3n) is 1.30. The molecule has 1 aliphatic rings. The van der Waals surface area contributed by atoms with Crippen molar-refractivity contribution in [2.45, 2.75) is 13.3 Å². The number of hydroxylamine groups is 2. The van der Waals surface area contributed by atoms with Gasteiger partial charge in [-0.05, 0) is 6.08 Å². The lowest BCUT2D eigenvalue weighted by molar-refractivity contribution is -0.742. The molecule has 50 valence electrons. The van der Waals surface area contributed by atoms with E-state index in [1.165, 1.54) is 0 Å². The van der Waals surface area contributed by atoms with Gasteiger partial charge in [-0.25, -0.2) is 4.99 Å². The fraction of sp³-hybridized carbons (Fsp3) is 0.500. The summed E-state index contributed by atoms with van der Waals surface area (Å²) in [6, 6.07) is 0. The number of nitrogens with one attached hydrogen (secondary N) is 1. The highest BCUT2D eigenvalue weighted by molar-refractivity contribution is 5.74. The lowest BCUT2D eigenvalue weighted by Gasteiger charge is -2.22. The van der Waals surface area contributed by atoms with Crippen molar-refractivity contribution in [3.05, 3.63) is 17.5 Å². The molecule has 0 saturated heterocycles. The molecule has 0 aromatic heterocycles. The van der Waals surface area contributed by atoms with E-state index in [4.69, 9.17) is 0 Å². The van der Waals surface area contributed by atoms with Crippen LogP contribution >= 0.6 is 0 Å². The first-order valence-electron chi connectivity index (χ1n) is 3.09. The van der Waals surface area contributed by atoms with Crippen LogP contribution in [0.2, 0.25) is 0 Å². The lowest BCUT2D eigenvalue weighted by Crippen LogP contribution is -3.10. The maximum atomic E-state index is 10.8. The SMILES string of the molecule is CCC1=NC=CC[NH+]1[O-]. The maximum absolute atomic E-state index is 10.8. The minimum atomic E-state index is 0.167. The Balaban J connectivity index is 2.63. The van der Waals surface area contributed by atoms with Crippen molar-refractivity contribution in [3.63, 3.8) is 0 Å². The average Bonchev–Trinajstić information content (AvgIpc) is 1.89. The van der Waals surface area contributed by atoms with Gasteiger partial charge in [-0.15, -0.1) is 0 Å². The number of hydrogen-bond acceptors (Lipinski definition) is 2. The number of aliphatic imine (C=N–C) groups is 1. The zero-order valence-electron chi connectivity index (χ0n) is 5.42. The van der Waals surface area contributed by atoms with Crippen LogP contribution in [0.15, 0.2) is 17.3 Å². The molecule has 0 aliphatic carbocycles. The molecule has 1 rings (SSSR count). The lowest BCUT2D eigenvalue weighted by atomic mass is 10.4. The van der Waals surface area contributed by atoms with E-state index in [1.54, 1.807) is 12.3 Å². The van der Waals surface area contributed by atoms with Crippen LogP contribution < -0.4 is 5.06 Å². The molecular weight excluding hydrogens is 116 g/mol. The zero-order valence-corrected chi connectivity index (χ0v) is 5.42. The molecule has 0 fully saturated rings. The second-order valence-electron chi connectivity index (χ2n) is 1.94. The van der Waals surface area contributed by atoms with Gasteiger partial charge in [0.25, 0.3) is 0 Å². The second kappa shape index (κ2) is 2.75. The highest BCUT2D eigenvalue weighted by Gasteiger charge is 2.05.